The molecular formula is C23H23N5. The average Bonchev–Trinajstić information content (AvgIpc) is 2.73. The van der Waals surface area contributed by atoms with Crippen LogP contribution < -0.4 is 11.1 Å². The van der Waals surface area contributed by atoms with Crippen LogP contribution >= 0.6 is 0 Å². The zero-order valence-corrected chi connectivity index (χ0v) is 15.9. The molecule has 0 aliphatic carbocycles. The van der Waals surface area contributed by atoms with Crippen LogP contribution in [0.15, 0.2) is 66.7 Å². The first kappa shape index (κ1) is 17.9. The first-order valence-electron chi connectivity index (χ1n) is 9.54. The number of pyridine rings is 1. The maximum atomic E-state index is 5.84. The second-order valence-corrected chi connectivity index (χ2v) is 6.76. The summed E-state index contributed by atoms with van der Waals surface area (Å²) in [5, 5.41) is 3.43. The number of fused-ring (bicyclic) bond motifs is 1. The minimum atomic E-state index is 0.306. The fraction of sp³-hybridized carbons (Fsp3) is 0.174. The molecule has 5 heteroatoms. The Bertz CT molecular complexity index is 1080. The molecule has 2 aromatic carbocycles. The van der Waals surface area contributed by atoms with Crippen molar-refractivity contribution in [2.45, 2.75) is 26.3 Å². The number of para-hydroxylation sites is 1. The normalized spacial score (nSPS) is 10.9. The standard InChI is InChI=1S/C23H23N5/c1-2-6-20-22-21(28-23(24)27-20)14-13-19(26-22)17-11-9-16(10-12-17)15-25-18-7-4-3-5-8-18/h3-5,7-14,25H,2,6,15H2,1H3,(H2,24,27,28). The van der Waals surface area contributed by atoms with Gasteiger partial charge in [0.15, 0.2) is 0 Å². The molecule has 0 atom stereocenters. The lowest BCUT2D eigenvalue weighted by Gasteiger charge is -2.09. The van der Waals surface area contributed by atoms with Gasteiger partial charge in [-0.3, -0.25) is 0 Å². The van der Waals surface area contributed by atoms with Crippen LogP contribution in [0, 0.1) is 0 Å². The molecule has 28 heavy (non-hydrogen) atoms. The molecule has 0 aliphatic heterocycles. The minimum Gasteiger partial charge on any atom is -0.381 e. The van der Waals surface area contributed by atoms with Crippen LogP contribution in [0.5, 0.6) is 0 Å². The largest absolute Gasteiger partial charge is 0.381 e. The molecule has 5 nitrogen and oxygen atoms in total. The van der Waals surface area contributed by atoms with Crippen molar-refractivity contribution in [2.75, 3.05) is 11.1 Å². The van der Waals surface area contributed by atoms with Crippen molar-refractivity contribution in [3.63, 3.8) is 0 Å². The predicted octanol–water partition coefficient (Wildman–Crippen LogP) is 4.84. The fourth-order valence-corrected chi connectivity index (χ4v) is 3.22. The molecule has 140 valence electrons. The molecule has 0 saturated carbocycles. The third-order valence-corrected chi connectivity index (χ3v) is 4.64. The van der Waals surface area contributed by atoms with Crippen molar-refractivity contribution in [3.8, 4) is 11.3 Å². The molecule has 0 aliphatic rings. The highest BCUT2D eigenvalue weighted by molar-refractivity contribution is 5.81. The maximum absolute atomic E-state index is 5.84. The molecule has 3 N–H and O–H groups in total. The number of nitrogens with zero attached hydrogens (tertiary/aromatic N) is 3. The van der Waals surface area contributed by atoms with Gasteiger partial charge in [-0.05, 0) is 36.2 Å². The molecule has 2 heterocycles. The Hall–Kier alpha value is -3.47. The molecular weight excluding hydrogens is 346 g/mol. The van der Waals surface area contributed by atoms with Crippen LogP contribution in [0.25, 0.3) is 22.3 Å². The van der Waals surface area contributed by atoms with E-state index in [0.29, 0.717) is 5.95 Å². The Morgan fingerprint density at radius 1 is 0.857 bits per heavy atom. The van der Waals surface area contributed by atoms with Crippen LogP contribution in [-0.2, 0) is 13.0 Å². The Morgan fingerprint density at radius 2 is 1.64 bits per heavy atom. The lowest BCUT2D eigenvalue weighted by atomic mass is 10.1. The maximum Gasteiger partial charge on any atom is 0.220 e. The number of benzene rings is 2. The van der Waals surface area contributed by atoms with Gasteiger partial charge in [0.1, 0.15) is 5.52 Å². The SMILES string of the molecule is CCCc1nc(N)nc2ccc(-c3ccc(CNc4ccccc4)cc3)nc12. The van der Waals surface area contributed by atoms with E-state index in [1.165, 1.54) is 5.56 Å². The van der Waals surface area contributed by atoms with Gasteiger partial charge in [-0.15, -0.1) is 0 Å². The third kappa shape index (κ3) is 3.93. The number of aromatic nitrogens is 3. The zero-order valence-electron chi connectivity index (χ0n) is 15.9. The molecule has 4 aromatic rings. The lowest BCUT2D eigenvalue weighted by Crippen LogP contribution is -2.02. The van der Waals surface area contributed by atoms with Crippen LogP contribution in [0.3, 0.4) is 0 Å². The van der Waals surface area contributed by atoms with E-state index in [4.69, 9.17) is 10.7 Å². The van der Waals surface area contributed by atoms with Gasteiger partial charge in [0.05, 0.1) is 16.9 Å². The van der Waals surface area contributed by atoms with Gasteiger partial charge in [0.25, 0.3) is 0 Å². The monoisotopic (exact) mass is 369 g/mol. The van der Waals surface area contributed by atoms with E-state index in [2.05, 4.69) is 58.6 Å². The second kappa shape index (κ2) is 8.05. The van der Waals surface area contributed by atoms with E-state index < -0.39 is 0 Å². The second-order valence-electron chi connectivity index (χ2n) is 6.76. The molecule has 0 spiro atoms. The van der Waals surface area contributed by atoms with Gasteiger partial charge in [-0.25, -0.2) is 15.0 Å². The molecule has 0 amide bonds. The van der Waals surface area contributed by atoms with E-state index in [-0.39, 0.29) is 0 Å². The molecule has 0 saturated heterocycles. The van der Waals surface area contributed by atoms with Crippen molar-refractivity contribution >= 4 is 22.7 Å². The number of hydrogen-bond donors (Lipinski definition) is 2. The summed E-state index contributed by atoms with van der Waals surface area (Å²) in [6.07, 6.45) is 1.82. The van der Waals surface area contributed by atoms with Crippen molar-refractivity contribution < 1.29 is 0 Å². The number of nitrogens with two attached hydrogens (primary N) is 1. The number of rotatable bonds is 6. The zero-order chi connectivity index (χ0) is 19.3. The summed E-state index contributed by atoms with van der Waals surface area (Å²) in [4.78, 5) is 13.5. The van der Waals surface area contributed by atoms with Crippen molar-refractivity contribution in [3.05, 3.63) is 78.0 Å². The van der Waals surface area contributed by atoms with Gasteiger partial charge in [-0.1, -0.05) is 55.8 Å². The molecule has 0 fully saturated rings. The van der Waals surface area contributed by atoms with Crippen molar-refractivity contribution in [1.82, 2.24) is 15.0 Å². The summed E-state index contributed by atoms with van der Waals surface area (Å²) in [5.41, 5.74) is 12.7. The van der Waals surface area contributed by atoms with E-state index in [0.717, 1.165) is 53.1 Å². The van der Waals surface area contributed by atoms with Crippen LogP contribution in [0.1, 0.15) is 24.6 Å². The Kier molecular flexibility index (Phi) is 5.15. The van der Waals surface area contributed by atoms with E-state index in [1.54, 1.807) is 0 Å². The minimum absolute atomic E-state index is 0.306. The first-order valence-corrected chi connectivity index (χ1v) is 9.54. The van der Waals surface area contributed by atoms with Gasteiger partial charge in [-0.2, -0.15) is 0 Å². The van der Waals surface area contributed by atoms with Crippen molar-refractivity contribution in [2.24, 2.45) is 0 Å². The Balaban J connectivity index is 1.57. The topological polar surface area (TPSA) is 76.7 Å². The molecule has 4 rings (SSSR count). The highest BCUT2D eigenvalue weighted by Crippen LogP contribution is 2.23. The summed E-state index contributed by atoms with van der Waals surface area (Å²) in [6.45, 7) is 2.90. The summed E-state index contributed by atoms with van der Waals surface area (Å²) in [6, 6.07) is 22.6. The number of hydrogen-bond acceptors (Lipinski definition) is 5. The number of nitrogens with one attached hydrogen (secondary N) is 1. The molecule has 2 aromatic heterocycles. The van der Waals surface area contributed by atoms with Crippen LogP contribution in [0.4, 0.5) is 11.6 Å². The number of anilines is 2. The third-order valence-electron chi connectivity index (χ3n) is 4.64. The molecule has 0 unspecified atom stereocenters. The van der Waals surface area contributed by atoms with Crippen LogP contribution in [-0.4, -0.2) is 15.0 Å². The molecule has 0 bridgehead atoms. The average molecular weight is 369 g/mol. The Morgan fingerprint density at radius 3 is 2.39 bits per heavy atom. The highest BCUT2D eigenvalue weighted by atomic mass is 15.0. The van der Waals surface area contributed by atoms with E-state index >= 15 is 0 Å². The van der Waals surface area contributed by atoms with Gasteiger partial charge in [0.2, 0.25) is 5.95 Å². The number of nitrogen functional groups attached to an aromatic ring is 1. The summed E-state index contributed by atoms with van der Waals surface area (Å²) < 4.78 is 0. The van der Waals surface area contributed by atoms with Crippen LogP contribution in [0.2, 0.25) is 0 Å². The quantitative estimate of drug-likeness (QED) is 0.509. The van der Waals surface area contributed by atoms with Crippen molar-refractivity contribution in [1.29, 1.82) is 0 Å². The molecule has 0 radical (unpaired) electrons. The summed E-state index contributed by atoms with van der Waals surface area (Å²) in [5.74, 6) is 0.306. The predicted molar refractivity (Wildman–Crippen MR) is 115 cm³/mol. The fourth-order valence-electron chi connectivity index (χ4n) is 3.22. The Labute approximate surface area is 164 Å². The summed E-state index contributed by atoms with van der Waals surface area (Å²) >= 11 is 0. The van der Waals surface area contributed by atoms with Gasteiger partial charge >= 0.3 is 0 Å². The first-order chi connectivity index (χ1) is 13.7. The lowest BCUT2D eigenvalue weighted by molar-refractivity contribution is 0.885. The van der Waals surface area contributed by atoms with Gasteiger partial charge in [0, 0.05) is 17.8 Å². The highest BCUT2D eigenvalue weighted by Gasteiger charge is 2.09. The smallest absolute Gasteiger partial charge is 0.220 e. The number of aryl methyl sites for hydroxylation is 1. The van der Waals surface area contributed by atoms with Gasteiger partial charge < -0.3 is 11.1 Å². The summed E-state index contributed by atoms with van der Waals surface area (Å²) in [7, 11) is 0. The van der Waals surface area contributed by atoms with E-state index in [9.17, 15) is 0 Å². The van der Waals surface area contributed by atoms with E-state index in [1.807, 2.05) is 30.3 Å².